The predicted molar refractivity (Wildman–Crippen MR) is 132 cm³/mol. The van der Waals surface area contributed by atoms with Crippen LogP contribution in [0.2, 0.25) is 0 Å². The average molecular weight is 413 g/mol. The fourth-order valence-electron chi connectivity index (χ4n) is 4.63. The molecule has 3 aromatic carbocycles. The van der Waals surface area contributed by atoms with Crippen LogP contribution in [-0.4, -0.2) is 37.3 Å². The van der Waals surface area contributed by atoms with Crippen LogP contribution < -0.4 is 10.2 Å². The molecule has 0 bridgehead atoms. The number of rotatable bonds is 4. The summed E-state index contributed by atoms with van der Waals surface area (Å²) in [6.45, 7) is 6.11. The molecule has 0 radical (unpaired) electrons. The second-order valence-electron chi connectivity index (χ2n) is 8.93. The van der Waals surface area contributed by atoms with Crippen LogP contribution in [0.1, 0.15) is 31.9 Å². The summed E-state index contributed by atoms with van der Waals surface area (Å²) in [7, 11) is 6.12. The topological polar surface area (TPSA) is 35.4 Å². The molecular formula is C27H30N3O+. The van der Waals surface area contributed by atoms with Gasteiger partial charge in [-0.3, -0.25) is 4.79 Å². The number of amides is 1. The number of fused-ring (bicyclic) bond motifs is 3. The first-order chi connectivity index (χ1) is 14.7. The van der Waals surface area contributed by atoms with Crippen LogP contribution in [0.5, 0.6) is 0 Å². The molecule has 1 aliphatic heterocycles. The van der Waals surface area contributed by atoms with E-state index in [2.05, 4.69) is 91.5 Å². The Kier molecular flexibility index (Phi) is 5.18. The fourth-order valence-corrected chi connectivity index (χ4v) is 4.63. The standard InChI is InChI=1S/C27H29N3O/c1-18(31)28-23-17-21(29(4)5)14-11-20(23)13-16-25-27(2,3)26-22-10-8-7-9-19(22)12-15-24(26)30(25)6/h7-17H,1-6H3/p+1. The van der Waals surface area contributed by atoms with Gasteiger partial charge < -0.3 is 10.2 Å². The van der Waals surface area contributed by atoms with E-state index in [0.29, 0.717) is 0 Å². The highest BCUT2D eigenvalue weighted by atomic mass is 16.1. The molecule has 31 heavy (non-hydrogen) atoms. The first kappa shape index (κ1) is 20.9. The summed E-state index contributed by atoms with van der Waals surface area (Å²) in [6.07, 6.45) is 4.29. The van der Waals surface area contributed by atoms with Crippen molar-refractivity contribution in [3.63, 3.8) is 0 Å². The molecule has 4 nitrogen and oxygen atoms in total. The van der Waals surface area contributed by atoms with Crippen LogP contribution in [-0.2, 0) is 10.2 Å². The molecule has 0 aliphatic carbocycles. The Morgan fingerprint density at radius 3 is 2.48 bits per heavy atom. The molecule has 4 rings (SSSR count). The summed E-state index contributed by atoms with van der Waals surface area (Å²) in [5.41, 5.74) is 6.54. The summed E-state index contributed by atoms with van der Waals surface area (Å²) in [5, 5.41) is 5.54. The molecule has 0 saturated carbocycles. The molecule has 0 aromatic heterocycles. The number of carbonyl (C=O) groups excluding carboxylic acids is 1. The van der Waals surface area contributed by atoms with E-state index >= 15 is 0 Å². The van der Waals surface area contributed by atoms with Gasteiger partial charge in [0.2, 0.25) is 11.6 Å². The van der Waals surface area contributed by atoms with Crippen molar-refractivity contribution in [2.24, 2.45) is 0 Å². The lowest BCUT2D eigenvalue weighted by Gasteiger charge is -2.18. The number of nitrogens with one attached hydrogen (secondary N) is 1. The lowest BCUT2D eigenvalue weighted by Crippen LogP contribution is -2.26. The van der Waals surface area contributed by atoms with Gasteiger partial charge in [-0.15, -0.1) is 0 Å². The van der Waals surface area contributed by atoms with Crippen LogP contribution in [0.3, 0.4) is 0 Å². The number of allylic oxidation sites excluding steroid dienone is 1. The number of hydrogen-bond acceptors (Lipinski definition) is 2. The van der Waals surface area contributed by atoms with E-state index in [0.717, 1.165) is 16.9 Å². The Morgan fingerprint density at radius 1 is 1.03 bits per heavy atom. The van der Waals surface area contributed by atoms with Gasteiger partial charge in [-0.25, -0.2) is 0 Å². The smallest absolute Gasteiger partial charge is 0.221 e. The van der Waals surface area contributed by atoms with Gasteiger partial charge in [0.25, 0.3) is 0 Å². The monoisotopic (exact) mass is 412 g/mol. The third kappa shape index (κ3) is 3.63. The minimum atomic E-state index is -0.140. The highest BCUT2D eigenvalue weighted by Gasteiger charge is 2.44. The summed E-state index contributed by atoms with van der Waals surface area (Å²) in [6, 6.07) is 19.1. The van der Waals surface area contributed by atoms with Gasteiger partial charge in [-0.1, -0.05) is 30.3 Å². The maximum Gasteiger partial charge on any atom is 0.221 e. The van der Waals surface area contributed by atoms with E-state index < -0.39 is 0 Å². The largest absolute Gasteiger partial charge is 0.378 e. The van der Waals surface area contributed by atoms with Gasteiger partial charge in [-0.2, -0.15) is 4.58 Å². The van der Waals surface area contributed by atoms with Crippen LogP contribution in [0, 0.1) is 0 Å². The maximum atomic E-state index is 11.8. The molecule has 4 heteroatoms. The number of nitrogens with zero attached hydrogens (tertiary/aromatic N) is 2. The second-order valence-corrected chi connectivity index (χ2v) is 8.93. The first-order valence-electron chi connectivity index (χ1n) is 10.6. The molecule has 1 N–H and O–H groups in total. The van der Waals surface area contributed by atoms with Crippen LogP contribution >= 0.6 is 0 Å². The van der Waals surface area contributed by atoms with Gasteiger partial charge in [0.1, 0.15) is 7.05 Å². The Hall–Kier alpha value is -3.40. The molecule has 1 aliphatic rings. The quantitative estimate of drug-likeness (QED) is 0.568. The summed E-state index contributed by atoms with van der Waals surface area (Å²) < 4.78 is 2.28. The molecule has 1 heterocycles. The fraction of sp³-hybridized carbons (Fsp3) is 0.259. The maximum absolute atomic E-state index is 11.8. The molecule has 0 fully saturated rings. The van der Waals surface area contributed by atoms with Gasteiger partial charge in [0.15, 0.2) is 5.71 Å². The van der Waals surface area contributed by atoms with E-state index in [1.165, 1.54) is 27.7 Å². The SMILES string of the molecule is CC(=O)Nc1cc(N(C)C)ccc1C=CC1=[N+](C)c2ccc3ccccc3c2C1(C)C. The Bertz CT molecular complexity index is 1250. The number of anilines is 2. The molecule has 3 aromatic rings. The highest BCUT2D eigenvalue weighted by Crippen LogP contribution is 2.43. The van der Waals surface area contributed by atoms with E-state index in [4.69, 9.17) is 0 Å². The van der Waals surface area contributed by atoms with Crippen molar-refractivity contribution in [1.29, 1.82) is 0 Å². The van der Waals surface area contributed by atoms with E-state index in [1.54, 1.807) is 6.92 Å². The Balaban J connectivity index is 1.78. The first-order valence-corrected chi connectivity index (χ1v) is 10.6. The van der Waals surface area contributed by atoms with Crippen molar-refractivity contribution in [3.8, 4) is 0 Å². The predicted octanol–water partition coefficient (Wildman–Crippen LogP) is 5.58. The third-order valence-electron chi connectivity index (χ3n) is 6.18. The van der Waals surface area contributed by atoms with Crippen LogP contribution in [0.4, 0.5) is 17.1 Å². The van der Waals surface area contributed by atoms with Gasteiger partial charge in [-0.05, 0) is 54.5 Å². The minimum absolute atomic E-state index is 0.0737. The van der Waals surface area contributed by atoms with Crippen molar-refractivity contribution in [1.82, 2.24) is 0 Å². The molecule has 1 amide bonds. The van der Waals surface area contributed by atoms with Crippen molar-refractivity contribution < 1.29 is 9.37 Å². The zero-order valence-corrected chi connectivity index (χ0v) is 19.2. The van der Waals surface area contributed by atoms with Gasteiger partial charge in [0.05, 0.1) is 11.1 Å². The van der Waals surface area contributed by atoms with Gasteiger partial charge in [0, 0.05) is 44.4 Å². The van der Waals surface area contributed by atoms with Crippen molar-refractivity contribution in [2.75, 3.05) is 31.4 Å². The van der Waals surface area contributed by atoms with Crippen molar-refractivity contribution >= 4 is 45.5 Å². The molecule has 0 unspecified atom stereocenters. The Labute approximate surface area is 184 Å². The van der Waals surface area contributed by atoms with E-state index in [9.17, 15) is 4.79 Å². The molecule has 0 atom stereocenters. The normalized spacial score (nSPS) is 14.9. The molecular weight excluding hydrogens is 382 g/mol. The van der Waals surface area contributed by atoms with Crippen LogP contribution in [0.25, 0.3) is 16.8 Å². The lowest BCUT2D eigenvalue weighted by atomic mass is 9.79. The average Bonchev–Trinajstić information content (AvgIpc) is 2.92. The third-order valence-corrected chi connectivity index (χ3v) is 6.18. The lowest BCUT2D eigenvalue weighted by molar-refractivity contribution is -0.401. The molecule has 0 spiro atoms. The zero-order chi connectivity index (χ0) is 22.3. The molecule has 0 saturated heterocycles. The number of carbonyl (C=O) groups is 1. The summed E-state index contributed by atoms with van der Waals surface area (Å²) >= 11 is 0. The molecule has 158 valence electrons. The zero-order valence-electron chi connectivity index (χ0n) is 19.2. The van der Waals surface area contributed by atoms with Crippen molar-refractivity contribution in [3.05, 3.63) is 71.8 Å². The summed E-state index contributed by atoms with van der Waals surface area (Å²) in [4.78, 5) is 13.8. The van der Waals surface area contributed by atoms with E-state index in [-0.39, 0.29) is 11.3 Å². The number of hydrogen-bond donors (Lipinski definition) is 1. The highest BCUT2D eigenvalue weighted by molar-refractivity contribution is 6.09. The van der Waals surface area contributed by atoms with E-state index in [1.807, 2.05) is 25.1 Å². The minimum Gasteiger partial charge on any atom is -0.378 e. The second kappa shape index (κ2) is 7.69. The van der Waals surface area contributed by atoms with Crippen LogP contribution in [0.15, 0.2) is 60.7 Å². The Morgan fingerprint density at radius 2 is 1.77 bits per heavy atom. The number of benzene rings is 3. The van der Waals surface area contributed by atoms with Crippen molar-refractivity contribution in [2.45, 2.75) is 26.2 Å². The summed E-state index contributed by atoms with van der Waals surface area (Å²) in [5.74, 6) is -0.0737. The van der Waals surface area contributed by atoms with Gasteiger partial charge >= 0.3 is 0 Å².